The minimum atomic E-state index is -1.74. The Hall–Kier alpha value is -2.86. The molecule has 2 atom stereocenters. The minimum absolute atomic E-state index is 0.0148. The maximum atomic E-state index is 12.5. The number of carbonyl (C=O) groups is 2. The van der Waals surface area contributed by atoms with Crippen molar-refractivity contribution in [3.05, 3.63) is 65.7 Å². The van der Waals surface area contributed by atoms with Gasteiger partial charge in [0, 0.05) is 17.7 Å². The predicted octanol–water partition coefficient (Wildman–Crippen LogP) is 3.48. The van der Waals surface area contributed by atoms with E-state index in [1.807, 2.05) is 30.3 Å². The lowest BCUT2D eigenvalue weighted by Gasteiger charge is -2.29. The molecule has 142 valence electrons. The van der Waals surface area contributed by atoms with Crippen LogP contribution in [0.25, 0.3) is 0 Å². The van der Waals surface area contributed by atoms with Crippen LogP contribution < -0.4 is 10.6 Å². The molecule has 6 nitrogen and oxygen atoms in total. The van der Waals surface area contributed by atoms with Crippen molar-refractivity contribution in [2.75, 3.05) is 5.32 Å². The molecule has 0 saturated carbocycles. The lowest BCUT2D eigenvalue weighted by Crippen LogP contribution is -2.41. The van der Waals surface area contributed by atoms with Crippen LogP contribution >= 0.6 is 0 Å². The smallest absolute Gasteiger partial charge is 0.408 e. The summed E-state index contributed by atoms with van der Waals surface area (Å²) in [4.78, 5) is 24.9. The molecular formula is C21H24N2O4. The second kappa shape index (κ2) is 7.04. The summed E-state index contributed by atoms with van der Waals surface area (Å²) in [6.45, 7) is 5.33. The third kappa shape index (κ3) is 4.11. The van der Waals surface area contributed by atoms with Crippen LogP contribution in [0.4, 0.5) is 10.5 Å². The van der Waals surface area contributed by atoms with E-state index in [0.29, 0.717) is 11.3 Å². The lowest BCUT2D eigenvalue weighted by molar-refractivity contribution is -0.135. The molecule has 1 aliphatic heterocycles. The number of hydrogen-bond acceptors (Lipinski definition) is 4. The van der Waals surface area contributed by atoms with E-state index in [1.165, 1.54) is 0 Å². The Morgan fingerprint density at radius 3 is 2.44 bits per heavy atom. The van der Waals surface area contributed by atoms with Gasteiger partial charge in [0.25, 0.3) is 5.91 Å². The molecule has 0 bridgehead atoms. The zero-order chi connectivity index (χ0) is 19.7. The van der Waals surface area contributed by atoms with Gasteiger partial charge in [0.05, 0.1) is 6.04 Å². The number of fused-ring (bicyclic) bond motifs is 1. The van der Waals surface area contributed by atoms with Crippen LogP contribution in [0.3, 0.4) is 0 Å². The predicted molar refractivity (Wildman–Crippen MR) is 102 cm³/mol. The van der Waals surface area contributed by atoms with Gasteiger partial charge in [0.1, 0.15) is 5.60 Å². The molecule has 0 saturated heterocycles. The monoisotopic (exact) mass is 368 g/mol. The highest BCUT2D eigenvalue weighted by Gasteiger charge is 2.47. The number of rotatable bonds is 4. The maximum absolute atomic E-state index is 12.5. The highest BCUT2D eigenvalue weighted by molar-refractivity contribution is 6.04. The molecule has 0 radical (unpaired) electrons. The summed E-state index contributed by atoms with van der Waals surface area (Å²) in [5.74, 6) is -0.504. The summed E-state index contributed by atoms with van der Waals surface area (Å²) >= 11 is 0. The first kappa shape index (κ1) is 18.9. The zero-order valence-electron chi connectivity index (χ0n) is 15.7. The van der Waals surface area contributed by atoms with E-state index >= 15 is 0 Å². The topological polar surface area (TPSA) is 87.7 Å². The Kier molecular flexibility index (Phi) is 4.93. The van der Waals surface area contributed by atoms with E-state index in [9.17, 15) is 14.7 Å². The molecule has 6 heteroatoms. The molecule has 1 aliphatic rings. The first-order valence-corrected chi connectivity index (χ1v) is 8.87. The van der Waals surface area contributed by atoms with Gasteiger partial charge in [0.2, 0.25) is 0 Å². The van der Waals surface area contributed by atoms with Crippen molar-refractivity contribution in [3.63, 3.8) is 0 Å². The number of ether oxygens (including phenoxy) is 1. The highest BCUT2D eigenvalue weighted by Crippen LogP contribution is 2.41. The summed E-state index contributed by atoms with van der Waals surface area (Å²) < 4.78 is 5.35. The zero-order valence-corrected chi connectivity index (χ0v) is 15.7. The molecule has 1 heterocycles. The Morgan fingerprint density at radius 2 is 1.78 bits per heavy atom. The van der Waals surface area contributed by atoms with Gasteiger partial charge in [-0.3, -0.25) is 4.79 Å². The molecule has 0 aromatic heterocycles. The van der Waals surface area contributed by atoms with Gasteiger partial charge in [-0.15, -0.1) is 0 Å². The lowest BCUT2D eigenvalue weighted by atomic mass is 9.86. The number of para-hydroxylation sites is 1. The molecule has 3 rings (SSSR count). The van der Waals surface area contributed by atoms with E-state index in [0.717, 1.165) is 5.56 Å². The Morgan fingerprint density at radius 1 is 1.15 bits per heavy atom. The SMILES string of the molecule is CC(C)(C)OC(=O)NC(CC1(O)C(=O)Nc2ccccc21)c1ccccc1. The molecular weight excluding hydrogens is 344 g/mol. The Labute approximate surface area is 158 Å². The summed E-state index contributed by atoms with van der Waals surface area (Å²) in [7, 11) is 0. The van der Waals surface area contributed by atoms with Crippen LogP contribution in [0, 0.1) is 0 Å². The average Bonchev–Trinajstić information content (AvgIpc) is 2.84. The van der Waals surface area contributed by atoms with E-state index in [2.05, 4.69) is 10.6 Å². The van der Waals surface area contributed by atoms with Gasteiger partial charge in [0.15, 0.2) is 5.60 Å². The van der Waals surface area contributed by atoms with Crippen LogP contribution in [0.15, 0.2) is 54.6 Å². The third-order valence-electron chi connectivity index (χ3n) is 4.39. The van der Waals surface area contributed by atoms with Crippen molar-refractivity contribution in [1.82, 2.24) is 5.32 Å². The molecule has 3 N–H and O–H groups in total. The summed E-state index contributed by atoms with van der Waals surface area (Å²) in [6.07, 6.45) is -0.620. The summed E-state index contributed by atoms with van der Waals surface area (Å²) in [5.41, 5.74) is -0.545. The number of aliphatic hydroxyl groups is 1. The van der Waals surface area contributed by atoms with E-state index < -0.39 is 29.2 Å². The number of anilines is 1. The first-order chi connectivity index (χ1) is 12.7. The minimum Gasteiger partial charge on any atom is -0.444 e. The Bertz CT molecular complexity index is 845. The van der Waals surface area contributed by atoms with Crippen molar-refractivity contribution in [2.24, 2.45) is 0 Å². The molecule has 2 amide bonds. The van der Waals surface area contributed by atoms with Gasteiger partial charge >= 0.3 is 6.09 Å². The molecule has 0 aliphatic carbocycles. The molecule has 27 heavy (non-hydrogen) atoms. The van der Waals surface area contributed by atoms with E-state index in [-0.39, 0.29) is 6.42 Å². The van der Waals surface area contributed by atoms with Crippen LogP contribution in [-0.2, 0) is 15.1 Å². The van der Waals surface area contributed by atoms with Crippen molar-refractivity contribution in [1.29, 1.82) is 0 Å². The quantitative estimate of drug-likeness (QED) is 0.771. The van der Waals surface area contributed by atoms with E-state index in [4.69, 9.17) is 4.74 Å². The van der Waals surface area contributed by atoms with Crippen LogP contribution in [0.2, 0.25) is 0 Å². The van der Waals surface area contributed by atoms with Crippen molar-refractivity contribution < 1.29 is 19.4 Å². The van der Waals surface area contributed by atoms with Crippen LogP contribution in [-0.4, -0.2) is 22.7 Å². The number of carbonyl (C=O) groups excluding carboxylic acids is 2. The van der Waals surface area contributed by atoms with Gasteiger partial charge in [-0.1, -0.05) is 48.5 Å². The van der Waals surface area contributed by atoms with E-state index in [1.54, 1.807) is 45.0 Å². The fourth-order valence-corrected chi connectivity index (χ4v) is 3.19. The van der Waals surface area contributed by atoms with Gasteiger partial charge < -0.3 is 20.5 Å². The number of benzene rings is 2. The van der Waals surface area contributed by atoms with Crippen LogP contribution in [0.5, 0.6) is 0 Å². The average molecular weight is 368 g/mol. The second-order valence-electron chi connectivity index (χ2n) is 7.67. The first-order valence-electron chi connectivity index (χ1n) is 8.87. The van der Waals surface area contributed by atoms with Gasteiger partial charge in [-0.05, 0) is 32.4 Å². The number of nitrogens with one attached hydrogen (secondary N) is 2. The summed E-state index contributed by atoms with van der Waals surface area (Å²) in [5, 5.41) is 16.7. The normalized spacial score (nSPS) is 19.8. The van der Waals surface area contributed by atoms with Crippen molar-refractivity contribution >= 4 is 17.7 Å². The molecule has 2 aromatic rings. The maximum Gasteiger partial charge on any atom is 0.408 e. The van der Waals surface area contributed by atoms with Crippen molar-refractivity contribution in [3.8, 4) is 0 Å². The molecule has 0 fully saturated rings. The Balaban J connectivity index is 1.90. The number of hydrogen-bond donors (Lipinski definition) is 3. The molecule has 0 spiro atoms. The number of alkyl carbamates (subject to hydrolysis) is 1. The van der Waals surface area contributed by atoms with Gasteiger partial charge in [-0.25, -0.2) is 4.79 Å². The van der Waals surface area contributed by atoms with Crippen molar-refractivity contribution in [2.45, 2.75) is 44.4 Å². The fraction of sp³-hybridized carbons (Fsp3) is 0.333. The fourth-order valence-electron chi connectivity index (χ4n) is 3.19. The standard InChI is InChI=1S/C21H24N2O4/c1-20(2,3)27-19(25)23-17(14-9-5-4-6-10-14)13-21(26)15-11-7-8-12-16(15)22-18(21)24/h4-12,17,26H,13H2,1-3H3,(H,22,24)(H,23,25). The van der Waals surface area contributed by atoms with Crippen LogP contribution in [0.1, 0.15) is 44.4 Å². The largest absolute Gasteiger partial charge is 0.444 e. The molecule has 2 aromatic carbocycles. The highest BCUT2D eigenvalue weighted by atomic mass is 16.6. The summed E-state index contributed by atoms with van der Waals surface area (Å²) in [6, 6.07) is 15.6. The number of amides is 2. The molecule has 2 unspecified atom stereocenters. The second-order valence-corrected chi connectivity index (χ2v) is 7.67. The van der Waals surface area contributed by atoms with Gasteiger partial charge in [-0.2, -0.15) is 0 Å². The third-order valence-corrected chi connectivity index (χ3v) is 4.39.